The summed E-state index contributed by atoms with van der Waals surface area (Å²) in [7, 11) is 1.43. The molecule has 19 heavy (non-hydrogen) atoms. The van der Waals surface area contributed by atoms with Crippen LogP contribution < -0.4 is 10.2 Å². The van der Waals surface area contributed by atoms with E-state index < -0.39 is 12.0 Å². The van der Waals surface area contributed by atoms with Gasteiger partial charge in [0, 0.05) is 12.0 Å². The molecule has 0 fully saturated rings. The molecule has 0 radical (unpaired) electrons. The van der Waals surface area contributed by atoms with Gasteiger partial charge in [0.1, 0.15) is 0 Å². The first kappa shape index (κ1) is 15.0. The Hall–Kier alpha value is -2.05. The average Bonchev–Trinajstić information content (AvgIpc) is 2.43. The van der Waals surface area contributed by atoms with E-state index in [0.29, 0.717) is 11.3 Å². The zero-order valence-corrected chi connectivity index (χ0v) is 10.7. The second-order valence-corrected chi connectivity index (χ2v) is 4.07. The predicted molar refractivity (Wildman–Crippen MR) is 67.9 cm³/mol. The topological polar surface area (TPSA) is 99.0 Å². The number of rotatable bonds is 5. The molecule has 0 unspecified atom stereocenters. The standard InChI is InChI=1S/C13H17NO5/c1-8(3-6-12(16)14-18)13(17)9-4-5-11(19-2)10(15)7-9/h3-8,13,15,17-18H,1-2H3,(H,14,16)/b6-3+/t8-,13+/m1/s1. The molecule has 6 heteroatoms. The van der Waals surface area contributed by atoms with Gasteiger partial charge in [0.05, 0.1) is 13.2 Å². The Morgan fingerprint density at radius 3 is 2.68 bits per heavy atom. The fraction of sp³-hybridized carbons (Fsp3) is 0.308. The van der Waals surface area contributed by atoms with Crippen LogP contribution in [0, 0.1) is 5.92 Å². The first-order valence-electron chi connectivity index (χ1n) is 5.66. The number of phenols is 1. The molecule has 2 atom stereocenters. The molecule has 0 aromatic heterocycles. The SMILES string of the molecule is COc1ccc([C@@H](O)[C@H](C)/C=C/C(=O)NO)cc1O. The number of nitrogens with one attached hydrogen (secondary N) is 1. The zero-order chi connectivity index (χ0) is 14.4. The fourth-order valence-electron chi connectivity index (χ4n) is 1.58. The number of amides is 1. The van der Waals surface area contributed by atoms with Crippen LogP contribution in [0.4, 0.5) is 0 Å². The van der Waals surface area contributed by atoms with Crippen molar-refractivity contribution in [3.05, 3.63) is 35.9 Å². The second kappa shape index (κ2) is 6.77. The highest BCUT2D eigenvalue weighted by molar-refractivity contribution is 5.86. The van der Waals surface area contributed by atoms with Crippen molar-refractivity contribution < 1.29 is 25.0 Å². The van der Waals surface area contributed by atoms with Crippen LogP contribution in [0.1, 0.15) is 18.6 Å². The van der Waals surface area contributed by atoms with Crippen molar-refractivity contribution in [2.24, 2.45) is 5.92 Å². The maximum Gasteiger partial charge on any atom is 0.267 e. The quantitative estimate of drug-likeness (QED) is 0.364. The van der Waals surface area contributed by atoms with Crippen LogP contribution in [-0.2, 0) is 4.79 Å². The minimum Gasteiger partial charge on any atom is -0.504 e. The van der Waals surface area contributed by atoms with Gasteiger partial charge >= 0.3 is 0 Å². The number of methoxy groups -OCH3 is 1. The lowest BCUT2D eigenvalue weighted by molar-refractivity contribution is -0.124. The van der Waals surface area contributed by atoms with Crippen LogP contribution in [0.25, 0.3) is 0 Å². The van der Waals surface area contributed by atoms with E-state index in [-0.39, 0.29) is 11.7 Å². The fourth-order valence-corrected chi connectivity index (χ4v) is 1.58. The van der Waals surface area contributed by atoms with Gasteiger partial charge in [-0.15, -0.1) is 0 Å². The van der Waals surface area contributed by atoms with Crippen molar-refractivity contribution in [2.45, 2.75) is 13.0 Å². The lowest BCUT2D eigenvalue weighted by Gasteiger charge is -2.16. The molecule has 6 nitrogen and oxygen atoms in total. The van der Waals surface area contributed by atoms with E-state index >= 15 is 0 Å². The number of benzene rings is 1. The molecular weight excluding hydrogens is 250 g/mol. The van der Waals surface area contributed by atoms with Crippen LogP contribution in [0.5, 0.6) is 11.5 Å². The van der Waals surface area contributed by atoms with Gasteiger partial charge in [0.2, 0.25) is 0 Å². The summed E-state index contributed by atoms with van der Waals surface area (Å²) in [5.41, 5.74) is 1.96. The molecular formula is C13H17NO5. The van der Waals surface area contributed by atoms with E-state index in [9.17, 15) is 15.0 Å². The average molecular weight is 267 g/mol. The highest BCUT2D eigenvalue weighted by atomic mass is 16.5. The highest BCUT2D eigenvalue weighted by Crippen LogP contribution is 2.31. The van der Waals surface area contributed by atoms with E-state index in [4.69, 9.17) is 9.94 Å². The third kappa shape index (κ3) is 3.97. The Bertz CT molecular complexity index is 472. The Morgan fingerprint density at radius 1 is 1.47 bits per heavy atom. The summed E-state index contributed by atoms with van der Waals surface area (Å²) in [6.45, 7) is 1.70. The molecule has 0 heterocycles. The number of phenolic OH excluding ortho intramolecular Hbond substituents is 1. The molecule has 104 valence electrons. The molecule has 1 rings (SSSR count). The predicted octanol–water partition coefficient (Wildman–Crippen LogP) is 1.13. The Labute approximate surface area is 110 Å². The lowest BCUT2D eigenvalue weighted by Crippen LogP contribution is -2.16. The minimum atomic E-state index is -0.889. The summed E-state index contributed by atoms with van der Waals surface area (Å²) < 4.78 is 4.91. The molecule has 4 N–H and O–H groups in total. The number of carbonyl (C=O) groups is 1. The van der Waals surface area contributed by atoms with Crippen molar-refractivity contribution >= 4 is 5.91 Å². The summed E-state index contributed by atoms with van der Waals surface area (Å²) in [4.78, 5) is 10.8. The minimum absolute atomic E-state index is 0.0664. The summed E-state index contributed by atoms with van der Waals surface area (Å²) in [5.74, 6) is -0.788. The molecule has 0 saturated heterocycles. The number of hydrogen-bond donors (Lipinski definition) is 4. The molecule has 0 aliphatic heterocycles. The van der Waals surface area contributed by atoms with Crippen molar-refractivity contribution in [2.75, 3.05) is 7.11 Å². The maximum atomic E-state index is 10.8. The van der Waals surface area contributed by atoms with Gasteiger partial charge in [-0.05, 0) is 17.7 Å². The first-order chi connectivity index (χ1) is 8.99. The van der Waals surface area contributed by atoms with Gasteiger partial charge in [0.25, 0.3) is 5.91 Å². The molecule has 0 spiro atoms. The molecule has 1 aromatic carbocycles. The van der Waals surface area contributed by atoms with Crippen LogP contribution in [0.15, 0.2) is 30.4 Å². The Balaban J connectivity index is 2.82. The third-order valence-electron chi connectivity index (χ3n) is 2.70. The number of hydrogen-bond acceptors (Lipinski definition) is 5. The van der Waals surface area contributed by atoms with Crippen molar-refractivity contribution in [3.63, 3.8) is 0 Å². The van der Waals surface area contributed by atoms with Gasteiger partial charge in [-0.2, -0.15) is 0 Å². The monoisotopic (exact) mass is 267 g/mol. The number of aromatic hydroxyl groups is 1. The largest absolute Gasteiger partial charge is 0.504 e. The molecule has 0 saturated carbocycles. The lowest BCUT2D eigenvalue weighted by atomic mass is 9.96. The zero-order valence-electron chi connectivity index (χ0n) is 10.7. The van der Waals surface area contributed by atoms with Gasteiger partial charge in [-0.1, -0.05) is 19.1 Å². The Kier molecular flexibility index (Phi) is 5.35. The summed E-state index contributed by atoms with van der Waals surface area (Å²) in [5, 5.41) is 28.0. The second-order valence-electron chi connectivity index (χ2n) is 4.07. The van der Waals surface area contributed by atoms with Crippen LogP contribution in [0.2, 0.25) is 0 Å². The van der Waals surface area contributed by atoms with Gasteiger partial charge in [0.15, 0.2) is 11.5 Å². The van der Waals surface area contributed by atoms with E-state index in [1.54, 1.807) is 19.1 Å². The summed E-state index contributed by atoms with van der Waals surface area (Å²) in [6.07, 6.45) is 1.69. The van der Waals surface area contributed by atoms with Gasteiger partial charge in [-0.3, -0.25) is 10.0 Å². The molecule has 1 amide bonds. The van der Waals surface area contributed by atoms with Crippen LogP contribution >= 0.6 is 0 Å². The van der Waals surface area contributed by atoms with E-state index in [1.807, 2.05) is 0 Å². The molecule has 0 aliphatic rings. The maximum absolute atomic E-state index is 10.8. The summed E-state index contributed by atoms with van der Waals surface area (Å²) in [6, 6.07) is 4.57. The third-order valence-corrected chi connectivity index (χ3v) is 2.70. The first-order valence-corrected chi connectivity index (χ1v) is 5.66. The molecule has 1 aromatic rings. The van der Waals surface area contributed by atoms with Crippen molar-refractivity contribution in [1.82, 2.24) is 5.48 Å². The smallest absolute Gasteiger partial charge is 0.267 e. The number of aliphatic hydroxyl groups excluding tert-OH is 1. The normalized spacial score (nSPS) is 14.1. The molecule has 0 aliphatic carbocycles. The molecule has 0 bridgehead atoms. The Morgan fingerprint density at radius 2 is 2.16 bits per heavy atom. The van der Waals surface area contributed by atoms with E-state index in [1.165, 1.54) is 24.7 Å². The van der Waals surface area contributed by atoms with Crippen LogP contribution in [-0.4, -0.2) is 28.4 Å². The number of hydroxylamine groups is 1. The van der Waals surface area contributed by atoms with E-state index in [0.717, 1.165) is 6.08 Å². The number of carbonyl (C=O) groups excluding carboxylic acids is 1. The van der Waals surface area contributed by atoms with E-state index in [2.05, 4.69) is 0 Å². The number of aliphatic hydroxyl groups is 1. The van der Waals surface area contributed by atoms with Gasteiger partial charge in [-0.25, -0.2) is 5.48 Å². The van der Waals surface area contributed by atoms with Crippen molar-refractivity contribution in [1.29, 1.82) is 0 Å². The summed E-state index contributed by atoms with van der Waals surface area (Å²) >= 11 is 0. The van der Waals surface area contributed by atoms with Crippen molar-refractivity contribution in [3.8, 4) is 11.5 Å². The van der Waals surface area contributed by atoms with Crippen LogP contribution in [0.3, 0.4) is 0 Å². The highest BCUT2D eigenvalue weighted by Gasteiger charge is 2.16. The number of ether oxygens (including phenoxy) is 1. The van der Waals surface area contributed by atoms with Gasteiger partial charge < -0.3 is 14.9 Å².